The molecule has 0 bridgehead atoms. The molecule has 0 heterocycles. The van der Waals surface area contributed by atoms with Gasteiger partial charge in [0.05, 0.1) is 24.8 Å². The normalized spacial score (nSPS) is 12.2. The van der Waals surface area contributed by atoms with Gasteiger partial charge in [-0.05, 0) is 80.1 Å². The van der Waals surface area contributed by atoms with Crippen LogP contribution in [-0.4, -0.2) is 39.4 Å². The zero-order valence-electron chi connectivity index (χ0n) is 19.2. The predicted octanol–water partition coefficient (Wildman–Crippen LogP) is 4.18. The fourth-order valence-electron chi connectivity index (χ4n) is 3.18. The van der Waals surface area contributed by atoms with Crippen molar-refractivity contribution in [1.82, 2.24) is 5.43 Å². The fourth-order valence-corrected chi connectivity index (χ4v) is 4.35. The van der Waals surface area contributed by atoms with E-state index in [-0.39, 0.29) is 0 Å². The Morgan fingerprint density at radius 3 is 2.15 bits per heavy atom. The van der Waals surface area contributed by atoms with E-state index in [1.807, 2.05) is 37.3 Å². The van der Waals surface area contributed by atoms with Crippen molar-refractivity contribution in [2.24, 2.45) is 5.10 Å². The minimum Gasteiger partial charge on any atom is -0.494 e. The van der Waals surface area contributed by atoms with Gasteiger partial charge in [-0.25, -0.2) is 13.8 Å². The van der Waals surface area contributed by atoms with Gasteiger partial charge in [0.1, 0.15) is 23.3 Å². The first kappa shape index (κ1) is 24.8. The first-order valence-corrected chi connectivity index (χ1v) is 12.5. The lowest BCUT2D eigenvalue weighted by molar-refractivity contribution is -0.121. The topological polar surface area (TPSA) is 97.3 Å². The molecule has 0 radical (unpaired) electrons. The molecular weight excluding hydrogens is 454 g/mol. The third-order valence-electron chi connectivity index (χ3n) is 4.74. The highest BCUT2D eigenvalue weighted by Gasteiger charge is 2.29. The summed E-state index contributed by atoms with van der Waals surface area (Å²) in [7, 11) is -3.76. The molecule has 0 saturated heterocycles. The molecule has 1 N–H and O–H groups in total. The molecule has 9 heteroatoms. The molecule has 0 unspecified atom stereocenters. The molecule has 3 aromatic carbocycles. The number of carbonyl (C=O) groups excluding carboxylic acids is 1. The van der Waals surface area contributed by atoms with Crippen LogP contribution in [0.3, 0.4) is 0 Å². The van der Waals surface area contributed by atoms with Gasteiger partial charge >= 0.3 is 0 Å². The van der Waals surface area contributed by atoms with Crippen molar-refractivity contribution in [2.45, 2.75) is 19.9 Å². The fraction of sp³-hybridized carbons (Fsp3) is 0.200. The Balaban J connectivity index is 1.68. The molecule has 3 aromatic rings. The summed E-state index contributed by atoms with van der Waals surface area (Å²) in [6.07, 6.45) is 2.52. The average Bonchev–Trinajstić information content (AvgIpc) is 2.81. The lowest BCUT2D eigenvalue weighted by Gasteiger charge is -2.27. The van der Waals surface area contributed by atoms with E-state index in [0.717, 1.165) is 21.9 Å². The van der Waals surface area contributed by atoms with E-state index in [1.54, 1.807) is 48.5 Å². The van der Waals surface area contributed by atoms with Crippen LogP contribution < -0.4 is 19.2 Å². The van der Waals surface area contributed by atoms with Crippen LogP contribution in [0.1, 0.15) is 19.4 Å². The second-order valence-corrected chi connectivity index (χ2v) is 9.24. The Morgan fingerprint density at radius 2 is 1.56 bits per heavy atom. The molecule has 8 nitrogen and oxygen atoms in total. The molecule has 0 aliphatic heterocycles. The Morgan fingerprint density at radius 1 is 0.971 bits per heavy atom. The summed E-state index contributed by atoms with van der Waals surface area (Å²) < 4.78 is 37.2. The standard InChI is InChI=1S/C25H27N3O5S/c1-4-32-22-14-10-20(11-15-22)18-26-27-25(29)19(2)28(34(3,30)31)21-12-16-24(17-13-21)33-23-8-6-5-7-9-23/h5-19H,4H2,1-3H3,(H,27,29)/b26-18-/t19-/m1/s1. The van der Waals surface area contributed by atoms with Gasteiger partial charge in [-0.2, -0.15) is 5.10 Å². The zero-order valence-corrected chi connectivity index (χ0v) is 20.0. The van der Waals surface area contributed by atoms with Crippen LogP contribution in [0.4, 0.5) is 5.69 Å². The smallest absolute Gasteiger partial charge is 0.263 e. The summed E-state index contributed by atoms with van der Waals surface area (Å²) in [5.41, 5.74) is 3.49. The van der Waals surface area contributed by atoms with Crippen molar-refractivity contribution < 1.29 is 22.7 Å². The number of hydrazone groups is 1. The van der Waals surface area contributed by atoms with Crippen LogP contribution in [0.25, 0.3) is 0 Å². The van der Waals surface area contributed by atoms with Gasteiger partial charge < -0.3 is 9.47 Å². The maximum absolute atomic E-state index is 12.7. The number of hydrogen-bond donors (Lipinski definition) is 1. The lowest BCUT2D eigenvalue weighted by Crippen LogP contribution is -2.46. The third-order valence-corrected chi connectivity index (χ3v) is 5.98. The Labute approximate surface area is 199 Å². The van der Waals surface area contributed by atoms with Gasteiger partial charge in [0.25, 0.3) is 5.91 Å². The van der Waals surface area contributed by atoms with Gasteiger partial charge in [-0.15, -0.1) is 0 Å². The molecule has 0 spiro atoms. The molecule has 34 heavy (non-hydrogen) atoms. The first-order valence-electron chi connectivity index (χ1n) is 10.7. The van der Waals surface area contributed by atoms with Crippen molar-refractivity contribution >= 4 is 27.8 Å². The number of nitrogens with one attached hydrogen (secondary N) is 1. The number of ether oxygens (including phenoxy) is 2. The van der Waals surface area contributed by atoms with E-state index >= 15 is 0 Å². The van der Waals surface area contributed by atoms with Crippen molar-refractivity contribution in [3.63, 3.8) is 0 Å². The van der Waals surface area contributed by atoms with Crippen LogP contribution in [0.2, 0.25) is 0 Å². The number of nitrogens with zero attached hydrogens (tertiary/aromatic N) is 2. The van der Waals surface area contributed by atoms with E-state index < -0.39 is 22.0 Å². The van der Waals surface area contributed by atoms with Gasteiger partial charge in [-0.3, -0.25) is 9.10 Å². The summed E-state index contributed by atoms with van der Waals surface area (Å²) >= 11 is 0. The lowest BCUT2D eigenvalue weighted by atomic mass is 10.2. The number of sulfonamides is 1. The summed E-state index contributed by atoms with van der Waals surface area (Å²) in [5, 5.41) is 3.95. The second-order valence-electron chi connectivity index (χ2n) is 7.38. The molecule has 0 aromatic heterocycles. The Kier molecular flexibility index (Phi) is 8.26. The molecule has 1 atom stereocenters. The van der Waals surface area contributed by atoms with Gasteiger partial charge in [0.15, 0.2) is 0 Å². The first-order chi connectivity index (χ1) is 16.3. The second kappa shape index (κ2) is 11.3. The maximum atomic E-state index is 12.7. The molecule has 0 fully saturated rings. The van der Waals surface area contributed by atoms with E-state index in [1.165, 1.54) is 13.1 Å². The van der Waals surface area contributed by atoms with E-state index in [4.69, 9.17) is 9.47 Å². The molecule has 1 amide bonds. The molecule has 178 valence electrons. The quantitative estimate of drug-likeness (QED) is 0.346. The number of benzene rings is 3. The largest absolute Gasteiger partial charge is 0.494 e. The summed E-state index contributed by atoms with van der Waals surface area (Å²) in [5.74, 6) is 1.37. The predicted molar refractivity (Wildman–Crippen MR) is 133 cm³/mol. The minimum atomic E-state index is -3.76. The van der Waals surface area contributed by atoms with Gasteiger partial charge in [0, 0.05) is 0 Å². The van der Waals surface area contributed by atoms with E-state index in [9.17, 15) is 13.2 Å². The SMILES string of the molecule is CCOc1ccc(/C=N\NC(=O)[C@@H](C)N(c2ccc(Oc3ccccc3)cc2)S(C)(=O)=O)cc1. The zero-order chi connectivity index (χ0) is 24.6. The molecule has 0 saturated carbocycles. The minimum absolute atomic E-state index is 0.334. The van der Waals surface area contributed by atoms with Crippen molar-refractivity contribution in [2.75, 3.05) is 17.2 Å². The number of anilines is 1. The van der Waals surface area contributed by atoms with E-state index in [2.05, 4.69) is 10.5 Å². The summed E-state index contributed by atoms with van der Waals surface area (Å²) in [6, 6.07) is 21.9. The van der Waals surface area contributed by atoms with Gasteiger partial charge in [0.2, 0.25) is 10.0 Å². The van der Waals surface area contributed by atoms with Crippen LogP contribution in [0.15, 0.2) is 84.0 Å². The Bertz CT molecular complexity index is 1210. The van der Waals surface area contributed by atoms with Crippen molar-refractivity contribution in [1.29, 1.82) is 0 Å². The average molecular weight is 482 g/mol. The van der Waals surface area contributed by atoms with Crippen LogP contribution >= 0.6 is 0 Å². The number of carbonyl (C=O) groups is 1. The molecule has 0 aliphatic carbocycles. The maximum Gasteiger partial charge on any atom is 0.263 e. The van der Waals surface area contributed by atoms with Crippen LogP contribution in [-0.2, 0) is 14.8 Å². The molecule has 3 rings (SSSR count). The monoisotopic (exact) mass is 481 g/mol. The molecular formula is C25H27N3O5S. The van der Waals surface area contributed by atoms with Crippen molar-refractivity contribution in [3.8, 4) is 17.2 Å². The van der Waals surface area contributed by atoms with E-state index in [0.29, 0.717) is 23.8 Å². The summed E-state index contributed by atoms with van der Waals surface area (Å²) in [4.78, 5) is 12.7. The highest BCUT2D eigenvalue weighted by molar-refractivity contribution is 7.92. The van der Waals surface area contributed by atoms with Crippen LogP contribution in [0, 0.1) is 0 Å². The number of para-hydroxylation sites is 1. The highest BCUT2D eigenvalue weighted by Crippen LogP contribution is 2.26. The number of rotatable bonds is 10. The van der Waals surface area contributed by atoms with Crippen molar-refractivity contribution in [3.05, 3.63) is 84.4 Å². The number of hydrogen-bond acceptors (Lipinski definition) is 6. The Hall–Kier alpha value is -3.85. The highest BCUT2D eigenvalue weighted by atomic mass is 32.2. The van der Waals surface area contributed by atoms with Gasteiger partial charge in [-0.1, -0.05) is 18.2 Å². The molecule has 0 aliphatic rings. The number of amides is 1. The summed E-state index contributed by atoms with van der Waals surface area (Å²) in [6.45, 7) is 3.97. The van der Waals surface area contributed by atoms with Crippen LogP contribution in [0.5, 0.6) is 17.2 Å². The third kappa shape index (κ3) is 6.82.